The first-order valence-electron chi connectivity index (χ1n) is 5.50. The Hall–Kier alpha value is -2.44. The van der Waals surface area contributed by atoms with Gasteiger partial charge in [-0.05, 0) is 19.1 Å². The fourth-order valence-corrected chi connectivity index (χ4v) is 1.56. The number of aromatic nitrogens is 2. The largest absolute Gasteiger partial charge is 0.462 e. The number of benzene rings is 1. The van der Waals surface area contributed by atoms with E-state index in [1.54, 1.807) is 6.92 Å². The number of carbonyl (C=O) groups excluding carboxylic acids is 1. The lowest BCUT2D eigenvalue weighted by Crippen LogP contribution is -2.09. The van der Waals surface area contributed by atoms with E-state index in [1.165, 1.54) is 0 Å². The molecule has 2 aromatic rings. The minimum Gasteiger partial charge on any atom is -0.462 e. The molecular weight excluding hydrogens is 256 g/mol. The highest BCUT2D eigenvalue weighted by Crippen LogP contribution is 2.21. The molecule has 0 radical (unpaired) electrons. The molecule has 1 heterocycles. The van der Waals surface area contributed by atoms with Crippen molar-refractivity contribution in [1.29, 1.82) is 0 Å². The van der Waals surface area contributed by atoms with E-state index in [4.69, 9.17) is 10.5 Å². The van der Waals surface area contributed by atoms with Gasteiger partial charge in [-0.2, -0.15) is 5.10 Å². The van der Waals surface area contributed by atoms with Crippen LogP contribution in [0.4, 0.5) is 14.6 Å². The Balaban J connectivity index is 2.47. The molecule has 0 bridgehead atoms. The molecule has 0 saturated heterocycles. The van der Waals surface area contributed by atoms with Crippen molar-refractivity contribution >= 4 is 11.8 Å². The number of halogens is 2. The number of nitrogen functional groups attached to an aromatic ring is 1. The molecule has 100 valence electrons. The molecule has 0 fully saturated rings. The number of ether oxygens (including phenoxy) is 1. The lowest BCUT2D eigenvalue weighted by atomic mass is 10.3. The summed E-state index contributed by atoms with van der Waals surface area (Å²) in [6, 6.07) is 2.87. The van der Waals surface area contributed by atoms with Crippen molar-refractivity contribution in [2.75, 3.05) is 12.3 Å². The minimum atomic E-state index is -0.702. The van der Waals surface area contributed by atoms with Gasteiger partial charge in [-0.1, -0.05) is 0 Å². The first-order chi connectivity index (χ1) is 9.04. The maximum Gasteiger partial charge on any atom is 0.343 e. The van der Waals surface area contributed by atoms with Gasteiger partial charge in [-0.15, -0.1) is 0 Å². The predicted molar refractivity (Wildman–Crippen MR) is 63.8 cm³/mol. The van der Waals surface area contributed by atoms with Crippen LogP contribution < -0.4 is 5.73 Å². The number of hydrogen-bond acceptors (Lipinski definition) is 4. The monoisotopic (exact) mass is 267 g/mol. The van der Waals surface area contributed by atoms with Crippen LogP contribution in [-0.4, -0.2) is 22.4 Å². The number of hydrogen-bond donors (Lipinski definition) is 1. The topological polar surface area (TPSA) is 70.1 Å². The number of anilines is 1. The van der Waals surface area contributed by atoms with E-state index >= 15 is 0 Å². The van der Waals surface area contributed by atoms with E-state index in [2.05, 4.69) is 5.10 Å². The third kappa shape index (κ3) is 2.40. The van der Waals surface area contributed by atoms with Crippen molar-refractivity contribution in [1.82, 2.24) is 9.78 Å². The molecule has 0 atom stereocenters. The average Bonchev–Trinajstić information content (AvgIpc) is 2.74. The quantitative estimate of drug-likeness (QED) is 0.862. The lowest BCUT2D eigenvalue weighted by molar-refractivity contribution is 0.0527. The van der Waals surface area contributed by atoms with E-state index in [-0.39, 0.29) is 23.7 Å². The van der Waals surface area contributed by atoms with E-state index in [1.807, 2.05) is 0 Å². The van der Waals surface area contributed by atoms with Crippen molar-refractivity contribution in [3.05, 3.63) is 41.6 Å². The van der Waals surface area contributed by atoms with E-state index < -0.39 is 17.6 Å². The second-order valence-corrected chi connectivity index (χ2v) is 3.67. The molecule has 1 aromatic carbocycles. The van der Waals surface area contributed by atoms with E-state index in [0.717, 1.165) is 29.1 Å². The number of nitrogens with zero attached hydrogens (tertiary/aromatic N) is 2. The van der Waals surface area contributed by atoms with Crippen LogP contribution >= 0.6 is 0 Å². The second kappa shape index (κ2) is 5.05. The molecule has 2 N–H and O–H groups in total. The predicted octanol–water partition coefficient (Wildman–Crippen LogP) is 1.91. The maximum absolute atomic E-state index is 13.6. The van der Waals surface area contributed by atoms with Crippen LogP contribution in [0, 0.1) is 11.6 Å². The Morgan fingerprint density at radius 2 is 2.21 bits per heavy atom. The lowest BCUT2D eigenvalue weighted by Gasteiger charge is -2.06. The molecule has 0 aliphatic rings. The Labute approximate surface area is 107 Å². The average molecular weight is 267 g/mol. The fraction of sp³-hybridized carbons (Fsp3) is 0.167. The summed E-state index contributed by atoms with van der Waals surface area (Å²) in [6.07, 6.45) is 1.15. The van der Waals surface area contributed by atoms with Crippen LogP contribution in [0.2, 0.25) is 0 Å². The highest BCUT2D eigenvalue weighted by atomic mass is 19.1. The summed E-state index contributed by atoms with van der Waals surface area (Å²) in [4.78, 5) is 11.5. The van der Waals surface area contributed by atoms with Crippen molar-refractivity contribution in [3.63, 3.8) is 0 Å². The zero-order chi connectivity index (χ0) is 14.0. The van der Waals surface area contributed by atoms with Crippen LogP contribution in [0.1, 0.15) is 17.3 Å². The SMILES string of the molecule is CCOC(=O)c1cnn(-c2cc(F)ccc2F)c1N. The van der Waals surface area contributed by atoms with Gasteiger partial charge in [-0.3, -0.25) is 0 Å². The van der Waals surface area contributed by atoms with Crippen molar-refractivity contribution in [2.24, 2.45) is 0 Å². The highest BCUT2D eigenvalue weighted by molar-refractivity contribution is 5.94. The molecular formula is C12H11F2N3O2. The molecule has 0 amide bonds. The molecule has 0 unspecified atom stereocenters. The molecule has 5 nitrogen and oxygen atoms in total. The molecule has 0 saturated carbocycles. The van der Waals surface area contributed by atoms with E-state index in [0.29, 0.717) is 0 Å². The van der Waals surface area contributed by atoms with Crippen LogP contribution in [0.25, 0.3) is 5.69 Å². The van der Waals surface area contributed by atoms with Crippen LogP contribution in [0.15, 0.2) is 24.4 Å². The molecule has 0 aliphatic heterocycles. The Morgan fingerprint density at radius 1 is 1.47 bits per heavy atom. The number of rotatable bonds is 3. The first-order valence-corrected chi connectivity index (χ1v) is 5.50. The van der Waals surface area contributed by atoms with Gasteiger partial charge < -0.3 is 10.5 Å². The zero-order valence-corrected chi connectivity index (χ0v) is 10.1. The van der Waals surface area contributed by atoms with Gasteiger partial charge in [0.05, 0.1) is 12.8 Å². The van der Waals surface area contributed by atoms with Crippen LogP contribution in [0.3, 0.4) is 0 Å². The minimum absolute atomic E-state index is 0.00510. The molecule has 0 aliphatic carbocycles. The number of carbonyl (C=O) groups is 1. The molecule has 7 heteroatoms. The van der Waals surface area contributed by atoms with Gasteiger partial charge in [0.15, 0.2) is 0 Å². The summed E-state index contributed by atoms with van der Waals surface area (Å²) in [5, 5.41) is 3.78. The maximum atomic E-state index is 13.6. The van der Waals surface area contributed by atoms with Gasteiger partial charge in [0, 0.05) is 6.07 Å². The highest BCUT2D eigenvalue weighted by Gasteiger charge is 2.19. The summed E-state index contributed by atoms with van der Waals surface area (Å²) < 4.78 is 32.4. The Bertz CT molecular complexity index is 625. The summed E-state index contributed by atoms with van der Waals surface area (Å²) in [7, 11) is 0. The third-order valence-corrected chi connectivity index (χ3v) is 2.44. The fourth-order valence-electron chi connectivity index (χ4n) is 1.56. The molecule has 19 heavy (non-hydrogen) atoms. The smallest absolute Gasteiger partial charge is 0.343 e. The summed E-state index contributed by atoms with van der Waals surface area (Å²) in [6.45, 7) is 1.82. The summed E-state index contributed by atoms with van der Waals surface area (Å²) in [5.41, 5.74) is 5.53. The summed E-state index contributed by atoms with van der Waals surface area (Å²) in [5.74, 6) is -2.11. The first kappa shape index (κ1) is 13.0. The Morgan fingerprint density at radius 3 is 2.89 bits per heavy atom. The van der Waals surface area contributed by atoms with E-state index in [9.17, 15) is 13.6 Å². The second-order valence-electron chi connectivity index (χ2n) is 3.67. The van der Waals surface area contributed by atoms with Gasteiger partial charge in [0.25, 0.3) is 0 Å². The molecule has 1 aromatic heterocycles. The van der Waals surface area contributed by atoms with Gasteiger partial charge >= 0.3 is 5.97 Å². The van der Waals surface area contributed by atoms with Crippen LogP contribution in [-0.2, 0) is 4.74 Å². The van der Waals surface area contributed by atoms with Crippen molar-refractivity contribution in [2.45, 2.75) is 6.92 Å². The number of esters is 1. The zero-order valence-electron chi connectivity index (χ0n) is 10.1. The third-order valence-electron chi connectivity index (χ3n) is 2.44. The standard InChI is InChI=1S/C12H11F2N3O2/c1-2-19-12(18)8-6-16-17(11(8)15)10-5-7(13)3-4-9(10)14/h3-6H,2,15H2,1H3. The number of nitrogens with two attached hydrogens (primary N) is 1. The Kier molecular flexibility index (Phi) is 3.46. The van der Waals surface area contributed by atoms with Crippen molar-refractivity contribution < 1.29 is 18.3 Å². The van der Waals surface area contributed by atoms with Gasteiger partial charge in [-0.25, -0.2) is 18.3 Å². The normalized spacial score (nSPS) is 10.5. The van der Waals surface area contributed by atoms with Crippen molar-refractivity contribution in [3.8, 4) is 5.69 Å². The molecule has 2 rings (SSSR count). The van der Waals surface area contributed by atoms with Gasteiger partial charge in [0.2, 0.25) is 0 Å². The summed E-state index contributed by atoms with van der Waals surface area (Å²) >= 11 is 0. The van der Waals surface area contributed by atoms with Crippen LogP contribution in [0.5, 0.6) is 0 Å². The van der Waals surface area contributed by atoms with Gasteiger partial charge in [0.1, 0.15) is 28.7 Å². The molecule has 0 spiro atoms.